The molecule has 0 aromatic carbocycles. The van der Waals surface area contributed by atoms with Crippen molar-refractivity contribution in [3.63, 3.8) is 0 Å². The Morgan fingerprint density at radius 2 is 0.584 bits per heavy atom. The summed E-state index contributed by atoms with van der Waals surface area (Å²) in [6, 6.07) is 0. The Bertz CT molecular complexity index is 1120. The molecular formula is C69H141N3O5. The maximum Gasteiger partial charge on any atom is 0.308 e. The summed E-state index contributed by atoms with van der Waals surface area (Å²) in [5.74, 6) is 0.669. The van der Waals surface area contributed by atoms with Crippen LogP contribution in [0.3, 0.4) is 0 Å². The van der Waals surface area contributed by atoms with Crippen LogP contribution in [-0.2, 0) is 23.9 Å². The Kier molecular flexibility index (Phi) is 67.3. The van der Waals surface area contributed by atoms with Gasteiger partial charge in [0.2, 0.25) is 5.91 Å². The summed E-state index contributed by atoms with van der Waals surface area (Å²) in [6.07, 6.45) is 52.7. The third-order valence-corrected chi connectivity index (χ3v) is 15.9. The molecule has 0 radical (unpaired) electrons. The van der Waals surface area contributed by atoms with Crippen LogP contribution < -0.4 is 0 Å². The van der Waals surface area contributed by atoms with E-state index in [4.69, 9.17) is 9.47 Å². The predicted octanol–water partition coefficient (Wildman–Crippen LogP) is 20.7. The Balaban J connectivity index is -0.0000180. The molecule has 1 amide bonds. The van der Waals surface area contributed by atoms with Gasteiger partial charge in [-0.05, 0) is 130 Å². The highest BCUT2D eigenvalue weighted by Crippen LogP contribution is 2.23. The minimum Gasteiger partial charge on any atom is -0.465 e. The van der Waals surface area contributed by atoms with Crippen molar-refractivity contribution < 1.29 is 23.9 Å². The number of rotatable bonds is 60. The van der Waals surface area contributed by atoms with Gasteiger partial charge < -0.3 is 24.2 Å². The highest BCUT2D eigenvalue weighted by Gasteiger charge is 2.21. The fraction of sp³-hybridized carbons (Fsp3) is 0.957. The summed E-state index contributed by atoms with van der Waals surface area (Å²) in [5.41, 5.74) is 0. The van der Waals surface area contributed by atoms with Crippen LogP contribution in [0.5, 0.6) is 0 Å². The molecule has 0 aliphatic heterocycles. The lowest BCUT2D eigenvalue weighted by Crippen LogP contribution is -2.33. The summed E-state index contributed by atoms with van der Waals surface area (Å²) in [6.45, 7) is 26.1. The normalized spacial score (nSPS) is 12.1. The first-order valence-corrected chi connectivity index (χ1v) is 34.3. The third-order valence-electron chi connectivity index (χ3n) is 15.9. The zero-order valence-electron chi connectivity index (χ0n) is 53.2. The highest BCUT2D eigenvalue weighted by molar-refractivity contribution is 5.76. The number of hydrogen-bond donors (Lipinski definition) is 0. The molecule has 2 atom stereocenters. The second kappa shape index (κ2) is 65.1. The molecule has 0 spiro atoms. The van der Waals surface area contributed by atoms with Crippen LogP contribution in [0.4, 0.5) is 0 Å². The number of ether oxygens (including phenoxy) is 2. The van der Waals surface area contributed by atoms with Gasteiger partial charge >= 0.3 is 11.9 Å². The molecule has 0 fully saturated rings. The molecule has 8 heteroatoms. The standard InChI is InChI=1S/C66H131N3O5.C2H6.CH4/c1-8-14-20-26-28-36-50-62(48-34-22-16-10-3)65(71)73-60-46-32-30-39-55-68(56-40-31-33-47-61-74-66(72)63(49-35-23-17-11-4)51-37-29-27-21-15-9-2)57-45-44-54-67(7)53-43-38-52-64(70)69(58-41-24-18-12-5)59-42-25-19-13-6;1-2;/h62-63H,8-61H2,1-7H3;1-2H3;1H4. The molecule has 0 saturated heterocycles. The van der Waals surface area contributed by atoms with Crippen LogP contribution in [0.1, 0.15) is 352 Å². The molecule has 8 nitrogen and oxygen atoms in total. The molecule has 0 N–H and O–H groups in total. The second-order valence-corrected chi connectivity index (χ2v) is 23.2. The molecule has 0 aromatic heterocycles. The largest absolute Gasteiger partial charge is 0.465 e. The summed E-state index contributed by atoms with van der Waals surface area (Å²) < 4.78 is 11.9. The van der Waals surface area contributed by atoms with Crippen molar-refractivity contribution in [2.24, 2.45) is 11.8 Å². The fourth-order valence-corrected chi connectivity index (χ4v) is 10.7. The van der Waals surface area contributed by atoms with Crippen LogP contribution in [0.2, 0.25) is 0 Å². The third kappa shape index (κ3) is 54.7. The van der Waals surface area contributed by atoms with E-state index in [1.54, 1.807) is 0 Å². The average Bonchev–Trinajstić information content (AvgIpc) is 3.43. The molecule has 77 heavy (non-hydrogen) atoms. The van der Waals surface area contributed by atoms with E-state index in [1.165, 1.54) is 180 Å². The van der Waals surface area contributed by atoms with Crippen LogP contribution in [0.25, 0.3) is 0 Å². The van der Waals surface area contributed by atoms with E-state index in [0.717, 1.165) is 149 Å². The maximum absolute atomic E-state index is 13.2. The van der Waals surface area contributed by atoms with E-state index >= 15 is 0 Å². The van der Waals surface area contributed by atoms with E-state index in [-0.39, 0.29) is 31.2 Å². The van der Waals surface area contributed by atoms with E-state index in [1.807, 2.05) is 13.8 Å². The second-order valence-electron chi connectivity index (χ2n) is 23.2. The minimum absolute atomic E-state index is 0. The van der Waals surface area contributed by atoms with Crippen molar-refractivity contribution in [1.29, 1.82) is 0 Å². The molecule has 0 aromatic rings. The van der Waals surface area contributed by atoms with Gasteiger partial charge in [0.1, 0.15) is 0 Å². The molecule has 0 bridgehead atoms. The number of amides is 1. The van der Waals surface area contributed by atoms with Gasteiger partial charge in [0, 0.05) is 19.5 Å². The van der Waals surface area contributed by atoms with Crippen molar-refractivity contribution in [3.8, 4) is 0 Å². The summed E-state index contributed by atoms with van der Waals surface area (Å²) in [7, 11) is 2.26. The number of carbonyl (C=O) groups excluding carboxylic acids is 3. The number of hydrogen-bond acceptors (Lipinski definition) is 7. The fourth-order valence-electron chi connectivity index (χ4n) is 10.7. The van der Waals surface area contributed by atoms with Gasteiger partial charge in [-0.25, -0.2) is 0 Å². The minimum atomic E-state index is 0. The zero-order valence-corrected chi connectivity index (χ0v) is 53.2. The van der Waals surface area contributed by atoms with Gasteiger partial charge in [-0.15, -0.1) is 0 Å². The first kappa shape index (κ1) is 79.6. The number of unbranched alkanes of at least 4 members (excludes halogenated alkanes) is 30. The summed E-state index contributed by atoms with van der Waals surface area (Å²) >= 11 is 0. The lowest BCUT2D eigenvalue weighted by Gasteiger charge is -2.24. The topological polar surface area (TPSA) is 79.4 Å². The predicted molar refractivity (Wildman–Crippen MR) is 339 cm³/mol. The SMILES string of the molecule is C.CC.CCCCCCCCC(CCCCCC)C(=O)OCCCCCCN(CCCCCCOC(=O)C(CCCCCC)CCCCCCCC)CCCCN(C)CCCCC(=O)N(CCCCCC)CCCCCC. The lowest BCUT2D eigenvalue weighted by molar-refractivity contribution is -0.150. The Hall–Kier alpha value is -1.67. The monoisotopic (exact) mass is 1090 g/mol. The molecule has 0 aliphatic rings. The molecule has 0 rings (SSSR count). The van der Waals surface area contributed by atoms with Crippen molar-refractivity contribution >= 4 is 17.8 Å². The molecule has 462 valence electrons. The van der Waals surface area contributed by atoms with Crippen LogP contribution >= 0.6 is 0 Å². The van der Waals surface area contributed by atoms with Gasteiger partial charge in [-0.3, -0.25) is 14.4 Å². The highest BCUT2D eigenvalue weighted by atomic mass is 16.5. The molecule has 2 unspecified atom stereocenters. The van der Waals surface area contributed by atoms with Crippen molar-refractivity contribution in [1.82, 2.24) is 14.7 Å². The molecule has 0 heterocycles. The molecular weight excluding hydrogens is 951 g/mol. The van der Waals surface area contributed by atoms with Gasteiger partial charge in [0.15, 0.2) is 0 Å². The molecule has 0 aliphatic carbocycles. The van der Waals surface area contributed by atoms with Crippen LogP contribution in [0.15, 0.2) is 0 Å². The zero-order chi connectivity index (χ0) is 56.2. The van der Waals surface area contributed by atoms with Gasteiger partial charge in [-0.2, -0.15) is 0 Å². The lowest BCUT2D eigenvalue weighted by atomic mass is 9.94. The quantitative estimate of drug-likeness (QED) is 0.0443. The summed E-state index contributed by atoms with van der Waals surface area (Å²) in [4.78, 5) is 47.0. The van der Waals surface area contributed by atoms with Crippen LogP contribution in [-0.4, -0.2) is 98.6 Å². The van der Waals surface area contributed by atoms with Crippen molar-refractivity contribution in [2.75, 3.05) is 66.1 Å². The maximum atomic E-state index is 13.2. The van der Waals surface area contributed by atoms with Gasteiger partial charge in [-0.1, -0.05) is 255 Å². The number of carbonyl (C=O) groups is 3. The summed E-state index contributed by atoms with van der Waals surface area (Å²) in [5, 5.41) is 0. The molecule has 0 saturated carbocycles. The van der Waals surface area contributed by atoms with E-state index in [2.05, 4.69) is 63.3 Å². The van der Waals surface area contributed by atoms with Crippen LogP contribution in [0, 0.1) is 11.8 Å². The van der Waals surface area contributed by atoms with Gasteiger partial charge in [0.25, 0.3) is 0 Å². The van der Waals surface area contributed by atoms with E-state index in [9.17, 15) is 14.4 Å². The number of esters is 2. The van der Waals surface area contributed by atoms with Gasteiger partial charge in [0.05, 0.1) is 25.0 Å². The average molecular weight is 1090 g/mol. The van der Waals surface area contributed by atoms with Crippen molar-refractivity contribution in [3.05, 3.63) is 0 Å². The van der Waals surface area contributed by atoms with Crippen molar-refractivity contribution in [2.45, 2.75) is 352 Å². The Morgan fingerprint density at radius 1 is 0.325 bits per heavy atom. The Labute approximate surface area is 484 Å². The first-order chi connectivity index (χ1) is 37.3. The first-order valence-electron chi connectivity index (χ1n) is 34.3. The smallest absolute Gasteiger partial charge is 0.308 e. The van der Waals surface area contributed by atoms with E-state index in [0.29, 0.717) is 25.5 Å². The van der Waals surface area contributed by atoms with E-state index < -0.39 is 0 Å². The Morgan fingerprint density at radius 3 is 0.961 bits per heavy atom. The number of nitrogens with zero attached hydrogens (tertiary/aromatic N) is 3.